The Kier molecular flexibility index (Phi) is 6.79. The van der Waals surface area contributed by atoms with Crippen LogP contribution in [0.25, 0.3) is 10.6 Å². The smallest absolute Gasteiger partial charge is 0.389 e. The molecule has 0 spiro atoms. The minimum atomic E-state index is -4.84. The maximum atomic E-state index is 14.4. The monoisotopic (exact) mass is 516 g/mol. The Morgan fingerprint density at radius 2 is 2.06 bits per heavy atom. The number of rotatable bonds is 4. The van der Waals surface area contributed by atoms with Gasteiger partial charge in [0, 0.05) is 13.1 Å². The molecule has 3 atom stereocenters. The second kappa shape index (κ2) is 9.51. The fraction of sp³-hybridized carbons (Fsp3) is 0.381. The molecule has 1 aliphatic rings. The van der Waals surface area contributed by atoms with Crippen LogP contribution in [-0.4, -0.2) is 39.5 Å². The number of halogens is 5. The molecule has 8 nitrogen and oxygen atoms in total. The molecule has 35 heavy (non-hydrogen) atoms. The van der Waals surface area contributed by atoms with Gasteiger partial charge in [0.15, 0.2) is 5.69 Å². The number of hydrogen-bond donors (Lipinski definition) is 3. The molecule has 4 rings (SSSR count). The van der Waals surface area contributed by atoms with Crippen LogP contribution in [0.2, 0.25) is 0 Å². The summed E-state index contributed by atoms with van der Waals surface area (Å²) in [5.74, 6) is -1.98. The van der Waals surface area contributed by atoms with E-state index in [0.717, 1.165) is 18.2 Å². The van der Waals surface area contributed by atoms with Crippen LogP contribution in [0.5, 0.6) is 0 Å². The molecule has 188 valence electrons. The lowest BCUT2D eigenvalue weighted by Crippen LogP contribution is -2.32. The van der Waals surface area contributed by atoms with Gasteiger partial charge < -0.3 is 21.5 Å². The first-order valence-electron chi connectivity index (χ1n) is 10.4. The first-order valence-corrected chi connectivity index (χ1v) is 11.3. The van der Waals surface area contributed by atoms with E-state index in [9.17, 15) is 26.7 Å². The highest BCUT2D eigenvalue weighted by Gasteiger charge is 2.36. The summed E-state index contributed by atoms with van der Waals surface area (Å²) in [5.41, 5.74) is 9.92. The summed E-state index contributed by atoms with van der Waals surface area (Å²) in [6.45, 7) is -0.225. The van der Waals surface area contributed by atoms with E-state index in [1.807, 2.05) is 0 Å². The highest BCUT2D eigenvalue weighted by molar-refractivity contribution is 7.19. The molecular formula is C21H21F5N6O2S. The third-order valence-corrected chi connectivity index (χ3v) is 6.52. The quantitative estimate of drug-likeness (QED) is 0.450. The van der Waals surface area contributed by atoms with Crippen molar-refractivity contribution in [1.29, 1.82) is 0 Å². The zero-order valence-electron chi connectivity index (χ0n) is 18.3. The number of carbonyl (C=O) groups is 1. The normalized spacial score (nSPS) is 21.1. The number of hydrogen-bond acceptors (Lipinski definition) is 7. The fourth-order valence-electron chi connectivity index (χ4n) is 3.84. The van der Waals surface area contributed by atoms with Gasteiger partial charge in [-0.15, -0.1) is 0 Å². The Hall–Kier alpha value is -3.10. The van der Waals surface area contributed by atoms with Crippen LogP contribution in [0.3, 0.4) is 0 Å². The predicted octanol–water partition coefficient (Wildman–Crippen LogP) is 4.05. The van der Waals surface area contributed by atoms with E-state index in [1.165, 1.54) is 10.9 Å². The molecule has 1 saturated heterocycles. The van der Waals surface area contributed by atoms with Gasteiger partial charge in [-0.05, 0) is 25.0 Å². The molecule has 0 radical (unpaired) electrons. The van der Waals surface area contributed by atoms with Crippen molar-refractivity contribution < 1.29 is 31.5 Å². The average Bonchev–Trinajstić information content (AvgIpc) is 3.29. The van der Waals surface area contributed by atoms with E-state index in [1.54, 1.807) is 7.05 Å². The van der Waals surface area contributed by atoms with E-state index in [-0.39, 0.29) is 28.0 Å². The molecule has 0 aliphatic carbocycles. The number of aryl methyl sites for hydroxylation is 1. The lowest BCUT2D eigenvalue weighted by Gasteiger charge is -2.17. The van der Waals surface area contributed by atoms with Gasteiger partial charge in [-0.1, -0.05) is 17.4 Å². The van der Waals surface area contributed by atoms with Crippen LogP contribution in [0, 0.1) is 5.82 Å². The first kappa shape index (κ1) is 25.0. The number of amides is 1. The number of nitrogens with one attached hydrogen (secondary N) is 1. The molecule has 1 aromatic carbocycles. The van der Waals surface area contributed by atoms with Gasteiger partial charge in [0.1, 0.15) is 28.1 Å². The molecule has 3 heterocycles. The molecular weight excluding hydrogens is 495 g/mol. The SMILES string of the molecule is Cn1ncc(NC(=O)c2nc(-c3c(F)cccc3C(F)(F)F)sc2N)c1[C@@H]1CC[C@@H](N)[C@@H](F)CO1. The van der Waals surface area contributed by atoms with Gasteiger partial charge in [-0.25, -0.2) is 13.8 Å². The van der Waals surface area contributed by atoms with Crippen LogP contribution in [0.15, 0.2) is 24.4 Å². The maximum Gasteiger partial charge on any atom is 0.417 e. The number of thiazole rings is 1. The van der Waals surface area contributed by atoms with Crippen molar-refractivity contribution in [2.24, 2.45) is 12.8 Å². The highest BCUT2D eigenvalue weighted by atomic mass is 32.1. The molecule has 1 fully saturated rings. The number of benzene rings is 1. The van der Waals surface area contributed by atoms with Crippen molar-refractivity contribution in [3.63, 3.8) is 0 Å². The number of aromatic nitrogens is 3. The molecule has 0 bridgehead atoms. The van der Waals surface area contributed by atoms with E-state index < -0.39 is 47.3 Å². The van der Waals surface area contributed by atoms with E-state index in [0.29, 0.717) is 29.9 Å². The summed E-state index contributed by atoms with van der Waals surface area (Å²) in [6, 6.07) is 1.84. The molecule has 2 aromatic heterocycles. The number of carbonyl (C=O) groups excluding carboxylic acids is 1. The third-order valence-electron chi connectivity index (χ3n) is 5.62. The van der Waals surface area contributed by atoms with Gasteiger partial charge in [-0.2, -0.15) is 18.3 Å². The number of nitrogens with two attached hydrogens (primary N) is 2. The summed E-state index contributed by atoms with van der Waals surface area (Å²) >= 11 is 0.556. The molecule has 1 amide bonds. The van der Waals surface area contributed by atoms with Gasteiger partial charge in [0.25, 0.3) is 5.91 Å². The largest absolute Gasteiger partial charge is 0.417 e. The average molecular weight is 516 g/mol. The predicted molar refractivity (Wildman–Crippen MR) is 119 cm³/mol. The maximum absolute atomic E-state index is 14.4. The first-order chi connectivity index (χ1) is 16.5. The van der Waals surface area contributed by atoms with Crippen molar-refractivity contribution in [1.82, 2.24) is 14.8 Å². The second-order valence-corrected chi connectivity index (χ2v) is 9.02. The van der Waals surface area contributed by atoms with Crippen molar-refractivity contribution in [3.8, 4) is 10.6 Å². The Balaban J connectivity index is 1.63. The minimum Gasteiger partial charge on any atom is -0.389 e. The van der Waals surface area contributed by atoms with E-state index in [4.69, 9.17) is 16.2 Å². The topological polar surface area (TPSA) is 121 Å². The van der Waals surface area contributed by atoms with Crippen LogP contribution in [-0.2, 0) is 18.0 Å². The second-order valence-electron chi connectivity index (χ2n) is 7.99. The Bertz CT molecular complexity index is 1230. The number of anilines is 2. The lowest BCUT2D eigenvalue weighted by molar-refractivity contribution is -0.137. The number of ether oxygens (including phenoxy) is 1. The molecule has 5 N–H and O–H groups in total. The van der Waals surface area contributed by atoms with Crippen LogP contribution >= 0.6 is 11.3 Å². The Labute approximate surface area is 200 Å². The fourth-order valence-corrected chi connectivity index (χ4v) is 4.73. The summed E-state index contributed by atoms with van der Waals surface area (Å²) < 4.78 is 75.6. The standard InChI is InChI=1S/C21H21F5N6O2S/c1-32-17(14-6-5-12(27)11(23)8-34-14)13(7-29-32)30-19(33)16-18(28)35-20(31-16)15-9(21(24,25)26)3-2-4-10(15)22/h2-4,7,11-12,14H,5-6,8,27-28H2,1H3,(H,30,33)/t11-,12+,14-/m0/s1. The molecule has 3 aromatic rings. The summed E-state index contributed by atoms with van der Waals surface area (Å²) in [6.07, 6.45) is -4.72. The van der Waals surface area contributed by atoms with Gasteiger partial charge >= 0.3 is 6.18 Å². The number of alkyl halides is 4. The van der Waals surface area contributed by atoms with Crippen molar-refractivity contribution in [3.05, 3.63) is 47.2 Å². The summed E-state index contributed by atoms with van der Waals surface area (Å²) in [7, 11) is 1.61. The Morgan fingerprint density at radius 1 is 1.31 bits per heavy atom. The van der Waals surface area contributed by atoms with E-state index >= 15 is 0 Å². The zero-order valence-corrected chi connectivity index (χ0v) is 19.1. The van der Waals surface area contributed by atoms with Gasteiger partial charge in [-0.3, -0.25) is 9.48 Å². The van der Waals surface area contributed by atoms with Gasteiger partial charge in [0.2, 0.25) is 0 Å². The molecule has 0 unspecified atom stereocenters. The molecule has 0 saturated carbocycles. The summed E-state index contributed by atoms with van der Waals surface area (Å²) in [5, 5.41) is 6.09. The minimum absolute atomic E-state index is 0.198. The zero-order chi connectivity index (χ0) is 25.5. The van der Waals surface area contributed by atoms with Gasteiger partial charge in [0.05, 0.1) is 35.3 Å². The summed E-state index contributed by atoms with van der Waals surface area (Å²) in [4.78, 5) is 16.9. The van der Waals surface area contributed by atoms with Crippen molar-refractivity contribution in [2.75, 3.05) is 17.7 Å². The van der Waals surface area contributed by atoms with Crippen LogP contribution < -0.4 is 16.8 Å². The van der Waals surface area contributed by atoms with Crippen LogP contribution in [0.4, 0.5) is 32.6 Å². The van der Waals surface area contributed by atoms with Crippen LogP contribution in [0.1, 0.15) is 40.7 Å². The third kappa shape index (κ3) is 4.99. The molecule has 1 aliphatic heterocycles. The number of nitrogens with zero attached hydrogens (tertiary/aromatic N) is 3. The highest BCUT2D eigenvalue weighted by Crippen LogP contribution is 2.41. The van der Waals surface area contributed by atoms with Crippen molar-refractivity contribution >= 4 is 27.9 Å². The molecule has 14 heteroatoms. The van der Waals surface area contributed by atoms with Crippen molar-refractivity contribution in [2.45, 2.75) is 37.3 Å². The van der Waals surface area contributed by atoms with E-state index in [2.05, 4.69) is 15.4 Å². The lowest BCUT2D eigenvalue weighted by atomic mass is 10.0. The Morgan fingerprint density at radius 3 is 2.77 bits per heavy atom. The number of nitrogen functional groups attached to an aromatic ring is 1.